The molecule has 0 radical (unpaired) electrons. The summed E-state index contributed by atoms with van der Waals surface area (Å²) in [4.78, 5) is 25.3. The highest BCUT2D eigenvalue weighted by Gasteiger charge is 2.42. The van der Waals surface area contributed by atoms with Crippen molar-refractivity contribution in [2.24, 2.45) is 23.7 Å². The second-order valence-corrected chi connectivity index (χ2v) is 11.9. The van der Waals surface area contributed by atoms with Gasteiger partial charge in [0.15, 0.2) is 5.60 Å². The predicted molar refractivity (Wildman–Crippen MR) is 123 cm³/mol. The van der Waals surface area contributed by atoms with Crippen molar-refractivity contribution in [1.82, 2.24) is 0 Å². The van der Waals surface area contributed by atoms with E-state index >= 15 is 0 Å². The number of alkyl halides is 3. The molecule has 5 nitrogen and oxygen atoms in total. The van der Waals surface area contributed by atoms with Crippen molar-refractivity contribution in [3.05, 3.63) is 0 Å². The van der Waals surface area contributed by atoms with E-state index < -0.39 is 23.7 Å². The number of ketones is 1. The summed E-state index contributed by atoms with van der Waals surface area (Å²) in [7, 11) is 0. The van der Waals surface area contributed by atoms with Gasteiger partial charge in [0.2, 0.25) is 0 Å². The second-order valence-electron chi connectivity index (χ2n) is 11.9. The minimum absolute atomic E-state index is 0.0709. The monoisotopic (exact) mass is 492 g/mol. The van der Waals surface area contributed by atoms with Gasteiger partial charge in [-0.05, 0) is 97.3 Å². The zero-order valence-electron chi connectivity index (χ0n) is 21.8. The summed E-state index contributed by atoms with van der Waals surface area (Å²) in [5.74, 6) is 0.499. The lowest BCUT2D eigenvalue weighted by Gasteiger charge is -2.42. The summed E-state index contributed by atoms with van der Waals surface area (Å²) in [6.45, 7) is 13.3. The van der Waals surface area contributed by atoms with Crippen LogP contribution in [0, 0.1) is 23.7 Å². The van der Waals surface area contributed by atoms with Gasteiger partial charge < -0.3 is 9.47 Å². The Labute approximate surface area is 202 Å². The van der Waals surface area contributed by atoms with Crippen molar-refractivity contribution in [3.8, 4) is 0 Å². The standard InChI is InChI=1S/C26H43F3O5/c1-16-14-18(8-13-21(30)19-9-11-20(12-10-19)32-26(27,28)29)15-17(2)22(16)33-25(6,7)23(31)34-24(3,4)5/h16-20,22H,8-15H2,1-7H3. The number of carbonyl (C=O) groups excluding carboxylic acids is 2. The molecule has 198 valence electrons. The van der Waals surface area contributed by atoms with Crippen LogP contribution in [-0.2, 0) is 23.8 Å². The lowest BCUT2D eigenvalue weighted by Crippen LogP contribution is -2.48. The van der Waals surface area contributed by atoms with Gasteiger partial charge in [0, 0.05) is 12.3 Å². The molecular weight excluding hydrogens is 449 g/mol. The molecule has 0 spiro atoms. The van der Waals surface area contributed by atoms with Crippen LogP contribution in [0.2, 0.25) is 0 Å². The van der Waals surface area contributed by atoms with Gasteiger partial charge in [0.05, 0.1) is 12.2 Å². The molecule has 2 aliphatic carbocycles. The molecule has 0 aliphatic heterocycles. The molecule has 2 fully saturated rings. The highest BCUT2D eigenvalue weighted by Crippen LogP contribution is 2.40. The first kappa shape index (κ1) is 29.1. The molecule has 0 amide bonds. The van der Waals surface area contributed by atoms with Crippen molar-refractivity contribution in [1.29, 1.82) is 0 Å². The molecule has 0 aromatic carbocycles. The van der Waals surface area contributed by atoms with Crippen LogP contribution < -0.4 is 0 Å². The molecule has 2 atom stereocenters. The van der Waals surface area contributed by atoms with Gasteiger partial charge in [-0.2, -0.15) is 0 Å². The maximum absolute atomic E-state index is 12.7. The topological polar surface area (TPSA) is 61.8 Å². The Morgan fingerprint density at radius 1 is 0.853 bits per heavy atom. The third-order valence-electron chi connectivity index (χ3n) is 7.08. The molecule has 2 unspecified atom stereocenters. The fourth-order valence-corrected chi connectivity index (χ4v) is 5.48. The highest BCUT2D eigenvalue weighted by molar-refractivity contribution is 5.81. The Bertz CT molecular complexity index is 678. The van der Waals surface area contributed by atoms with Gasteiger partial charge in [0.25, 0.3) is 0 Å². The minimum Gasteiger partial charge on any atom is -0.458 e. The number of halogens is 3. The van der Waals surface area contributed by atoms with Crippen LogP contribution in [0.25, 0.3) is 0 Å². The van der Waals surface area contributed by atoms with Crippen LogP contribution in [-0.4, -0.2) is 41.5 Å². The fraction of sp³-hybridized carbons (Fsp3) is 0.923. The molecule has 0 N–H and O–H groups in total. The Hall–Kier alpha value is -1.15. The molecule has 2 saturated carbocycles. The number of esters is 1. The predicted octanol–water partition coefficient (Wildman–Crippen LogP) is 6.62. The molecule has 2 aliphatic rings. The Morgan fingerprint density at radius 2 is 1.38 bits per heavy atom. The van der Waals surface area contributed by atoms with Crippen molar-refractivity contribution in [2.45, 2.75) is 130 Å². The number of rotatable bonds is 8. The second kappa shape index (κ2) is 11.3. The van der Waals surface area contributed by atoms with E-state index in [-0.39, 0.29) is 48.5 Å². The molecule has 0 aromatic heterocycles. The smallest absolute Gasteiger partial charge is 0.458 e. The molecule has 0 heterocycles. The maximum Gasteiger partial charge on any atom is 0.522 e. The first-order valence-electron chi connectivity index (χ1n) is 12.7. The number of ether oxygens (including phenoxy) is 3. The lowest BCUT2D eigenvalue weighted by atomic mass is 9.72. The molecule has 0 saturated heterocycles. The van der Waals surface area contributed by atoms with Gasteiger partial charge in [-0.3, -0.25) is 9.53 Å². The lowest BCUT2D eigenvalue weighted by molar-refractivity contribution is -0.345. The van der Waals surface area contributed by atoms with E-state index in [9.17, 15) is 22.8 Å². The van der Waals surface area contributed by atoms with E-state index in [1.54, 1.807) is 13.8 Å². The van der Waals surface area contributed by atoms with Crippen LogP contribution in [0.4, 0.5) is 13.2 Å². The van der Waals surface area contributed by atoms with Crippen molar-refractivity contribution < 1.29 is 37.0 Å². The van der Waals surface area contributed by atoms with E-state index in [4.69, 9.17) is 9.47 Å². The van der Waals surface area contributed by atoms with Crippen LogP contribution in [0.15, 0.2) is 0 Å². The summed E-state index contributed by atoms with van der Waals surface area (Å²) in [5.41, 5.74) is -1.62. The van der Waals surface area contributed by atoms with Crippen molar-refractivity contribution in [3.63, 3.8) is 0 Å². The molecule has 0 bridgehead atoms. The van der Waals surface area contributed by atoms with Gasteiger partial charge in [-0.25, -0.2) is 4.79 Å². The van der Waals surface area contributed by atoms with Gasteiger partial charge >= 0.3 is 12.3 Å². The van der Waals surface area contributed by atoms with Crippen LogP contribution in [0.1, 0.15) is 99.8 Å². The van der Waals surface area contributed by atoms with Crippen LogP contribution in [0.5, 0.6) is 0 Å². The molecular formula is C26H43F3O5. The first-order valence-corrected chi connectivity index (χ1v) is 12.7. The molecule has 8 heteroatoms. The average molecular weight is 493 g/mol. The van der Waals surface area contributed by atoms with Crippen molar-refractivity contribution >= 4 is 11.8 Å². The summed E-state index contributed by atoms with van der Waals surface area (Å²) in [6.07, 6.45) is -0.941. The fourth-order valence-electron chi connectivity index (χ4n) is 5.48. The Morgan fingerprint density at radius 3 is 1.85 bits per heavy atom. The van der Waals surface area contributed by atoms with Gasteiger partial charge in [0.1, 0.15) is 11.4 Å². The average Bonchev–Trinajstić information content (AvgIpc) is 2.67. The quantitative estimate of drug-likeness (QED) is 0.357. The number of Topliss-reactive ketones (excluding diaryl/α,β-unsaturated/α-hetero) is 1. The van der Waals surface area contributed by atoms with E-state index in [1.165, 1.54) is 0 Å². The number of hydrogen-bond acceptors (Lipinski definition) is 5. The first-order chi connectivity index (χ1) is 15.5. The highest BCUT2D eigenvalue weighted by atomic mass is 19.4. The van der Waals surface area contributed by atoms with Gasteiger partial charge in [-0.1, -0.05) is 13.8 Å². The van der Waals surface area contributed by atoms with Crippen LogP contribution >= 0.6 is 0 Å². The summed E-state index contributed by atoms with van der Waals surface area (Å²) >= 11 is 0. The molecule has 34 heavy (non-hydrogen) atoms. The normalized spacial score (nSPS) is 31.2. The molecule has 2 rings (SSSR count). The number of hydrogen-bond donors (Lipinski definition) is 0. The van der Waals surface area contributed by atoms with E-state index in [2.05, 4.69) is 18.6 Å². The third kappa shape index (κ3) is 9.14. The van der Waals surface area contributed by atoms with E-state index in [0.29, 0.717) is 25.2 Å². The Balaban J connectivity index is 1.80. The van der Waals surface area contributed by atoms with E-state index in [0.717, 1.165) is 19.3 Å². The van der Waals surface area contributed by atoms with Crippen LogP contribution in [0.3, 0.4) is 0 Å². The largest absolute Gasteiger partial charge is 0.522 e. The zero-order chi connectivity index (χ0) is 25.9. The summed E-state index contributed by atoms with van der Waals surface area (Å²) < 4.78 is 53.1. The summed E-state index contributed by atoms with van der Waals surface area (Å²) in [6, 6.07) is 0. The molecule has 0 aromatic rings. The number of carbonyl (C=O) groups is 2. The maximum atomic E-state index is 12.7. The Kier molecular flexibility index (Phi) is 9.64. The minimum atomic E-state index is -4.61. The summed E-state index contributed by atoms with van der Waals surface area (Å²) in [5, 5.41) is 0. The van der Waals surface area contributed by atoms with E-state index in [1.807, 2.05) is 20.8 Å². The van der Waals surface area contributed by atoms with Crippen molar-refractivity contribution in [2.75, 3.05) is 0 Å². The zero-order valence-corrected chi connectivity index (χ0v) is 21.8. The third-order valence-corrected chi connectivity index (χ3v) is 7.08. The van der Waals surface area contributed by atoms with Gasteiger partial charge in [-0.15, -0.1) is 13.2 Å². The SMILES string of the molecule is CC1CC(CCC(=O)C2CCC(OC(F)(F)F)CC2)CC(C)C1OC(C)(C)C(=O)OC(C)(C)C.